The summed E-state index contributed by atoms with van der Waals surface area (Å²) in [6.07, 6.45) is 3.46. The number of benzene rings is 3. The Morgan fingerprint density at radius 3 is 1.97 bits per heavy atom. The summed E-state index contributed by atoms with van der Waals surface area (Å²) in [5.74, 6) is 1.57. The number of nitrogens with one attached hydrogen (secondary N) is 2. The van der Waals surface area contributed by atoms with Crippen molar-refractivity contribution in [3.8, 4) is 5.75 Å². The first-order valence-electron chi connectivity index (χ1n) is 10.1. The number of rotatable bonds is 6. The average Bonchev–Trinajstić information content (AvgIpc) is 3.34. The zero-order chi connectivity index (χ0) is 21.1. The van der Waals surface area contributed by atoms with Gasteiger partial charge in [-0.15, -0.1) is 0 Å². The van der Waals surface area contributed by atoms with Crippen LogP contribution in [0.3, 0.4) is 0 Å². The van der Waals surface area contributed by atoms with Gasteiger partial charge in [0.1, 0.15) is 29.1 Å². The molecular formula is C26H22N4O. The van der Waals surface area contributed by atoms with Gasteiger partial charge in [-0.3, -0.25) is 0 Å². The topological polar surface area (TPSA) is 62.8 Å². The van der Waals surface area contributed by atoms with Gasteiger partial charge in [0.2, 0.25) is 0 Å². The molecule has 0 bridgehead atoms. The van der Waals surface area contributed by atoms with E-state index in [9.17, 15) is 0 Å². The molecule has 0 aliphatic rings. The fourth-order valence-corrected chi connectivity index (χ4v) is 4.08. The summed E-state index contributed by atoms with van der Waals surface area (Å²) < 4.78 is 5.41. The number of fused-ring (bicyclic) bond motifs is 1. The largest absolute Gasteiger partial charge is 0.497 e. The van der Waals surface area contributed by atoms with Crippen LogP contribution in [0.15, 0.2) is 104 Å². The van der Waals surface area contributed by atoms with Crippen molar-refractivity contribution in [3.63, 3.8) is 0 Å². The van der Waals surface area contributed by atoms with E-state index in [-0.39, 0.29) is 0 Å². The van der Waals surface area contributed by atoms with Gasteiger partial charge >= 0.3 is 0 Å². The third-order valence-corrected chi connectivity index (χ3v) is 5.60. The van der Waals surface area contributed by atoms with Crippen LogP contribution in [0.1, 0.15) is 16.7 Å². The summed E-state index contributed by atoms with van der Waals surface area (Å²) in [5.41, 5.74) is 3.41. The monoisotopic (exact) mass is 406 g/mol. The Labute approximate surface area is 180 Å². The molecule has 0 atom stereocenters. The molecule has 5 nitrogen and oxygen atoms in total. The van der Waals surface area contributed by atoms with Gasteiger partial charge in [-0.05, 0) is 34.9 Å². The van der Waals surface area contributed by atoms with Gasteiger partial charge in [0.15, 0.2) is 0 Å². The Morgan fingerprint density at radius 1 is 0.742 bits per heavy atom. The summed E-state index contributed by atoms with van der Waals surface area (Å²) in [5, 5.41) is 4.73. The van der Waals surface area contributed by atoms with E-state index >= 15 is 0 Å². The number of methoxy groups -OCH3 is 1. The smallest absolute Gasteiger partial charge is 0.142 e. The molecule has 0 saturated heterocycles. The fraction of sp³-hybridized carbons (Fsp3) is 0.0769. The summed E-state index contributed by atoms with van der Waals surface area (Å²) >= 11 is 0. The van der Waals surface area contributed by atoms with E-state index in [2.05, 4.69) is 80.9 Å². The van der Waals surface area contributed by atoms with Crippen LogP contribution in [0.5, 0.6) is 5.75 Å². The van der Waals surface area contributed by atoms with E-state index in [0.29, 0.717) is 0 Å². The van der Waals surface area contributed by atoms with Crippen molar-refractivity contribution < 1.29 is 4.74 Å². The molecule has 0 aliphatic heterocycles. The lowest BCUT2D eigenvalue weighted by Crippen LogP contribution is -2.38. The van der Waals surface area contributed by atoms with Gasteiger partial charge in [0.25, 0.3) is 0 Å². The molecule has 5 aromatic rings. The van der Waals surface area contributed by atoms with Crippen molar-refractivity contribution >= 4 is 16.9 Å². The van der Waals surface area contributed by atoms with Crippen molar-refractivity contribution in [2.45, 2.75) is 5.54 Å². The number of hydrogen-bond acceptors (Lipinski definition) is 4. The van der Waals surface area contributed by atoms with E-state index in [4.69, 9.17) is 4.74 Å². The van der Waals surface area contributed by atoms with Crippen LogP contribution >= 0.6 is 0 Å². The van der Waals surface area contributed by atoms with Gasteiger partial charge < -0.3 is 15.0 Å². The molecule has 5 rings (SSSR count). The summed E-state index contributed by atoms with van der Waals surface area (Å²) in [4.78, 5) is 12.1. The van der Waals surface area contributed by atoms with Crippen LogP contribution < -0.4 is 10.1 Å². The van der Waals surface area contributed by atoms with E-state index in [1.54, 1.807) is 13.4 Å². The van der Waals surface area contributed by atoms with Gasteiger partial charge in [-0.1, -0.05) is 72.8 Å². The van der Waals surface area contributed by atoms with Crippen LogP contribution in [-0.4, -0.2) is 22.1 Å². The highest BCUT2D eigenvalue weighted by Gasteiger charge is 2.37. The Kier molecular flexibility index (Phi) is 4.84. The van der Waals surface area contributed by atoms with Gasteiger partial charge in [0.05, 0.1) is 12.5 Å². The zero-order valence-electron chi connectivity index (χ0n) is 17.1. The van der Waals surface area contributed by atoms with Gasteiger partial charge in [0, 0.05) is 6.20 Å². The second-order valence-electron chi connectivity index (χ2n) is 7.30. The minimum atomic E-state index is -0.673. The maximum Gasteiger partial charge on any atom is 0.142 e. The first-order chi connectivity index (χ1) is 15.3. The lowest BCUT2D eigenvalue weighted by Gasteiger charge is -2.37. The third kappa shape index (κ3) is 3.30. The molecule has 152 valence electrons. The van der Waals surface area contributed by atoms with Gasteiger partial charge in [-0.25, -0.2) is 9.97 Å². The predicted molar refractivity (Wildman–Crippen MR) is 123 cm³/mol. The van der Waals surface area contributed by atoms with Crippen LogP contribution in [0.2, 0.25) is 0 Å². The summed E-state index contributed by atoms with van der Waals surface area (Å²) in [6.45, 7) is 0. The van der Waals surface area contributed by atoms with E-state index in [1.807, 2.05) is 36.5 Å². The van der Waals surface area contributed by atoms with E-state index in [1.165, 1.54) is 0 Å². The molecule has 2 heterocycles. The minimum Gasteiger partial charge on any atom is -0.497 e. The molecule has 3 aromatic carbocycles. The molecule has 5 heteroatoms. The Morgan fingerprint density at radius 2 is 1.35 bits per heavy atom. The minimum absolute atomic E-state index is 0.673. The summed E-state index contributed by atoms with van der Waals surface area (Å²) in [7, 11) is 1.68. The molecule has 0 saturated carbocycles. The SMILES string of the molecule is COc1ccc(C(Nc2ncnc3[nH]ccc23)(c2ccccc2)c2ccccc2)cc1. The molecule has 0 radical (unpaired) electrons. The molecule has 0 fully saturated rings. The first-order valence-corrected chi connectivity index (χ1v) is 10.1. The van der Waals surface area contributed by atoms with Crippen molar-refractivity contribution in [2.24, 2.45) is 0 Å². The normalized spacial score (nSPS) is 11.4. The molecule has 0 spiro atoms. The molecule has 31 heavy (non-hydrogen) atoms. The van der Waals surface area contributed by atoms with Crippen molar-refractivity contribution in [3.05, 3.63) is 120 Å². The number of H-pyrrole nitrogens is 1. The van der Waals surface area contributed by atoms with Crippen LogP contribution in [0.25, 0.3) is 11.0 Å². The zero-order valence-corrected chi connectivity index (χ0v) is 17.1. The Balaban J connectivity index is 1.80. The molecular weight excluding hydrogens is 384 g/mol. The number of aromatic nitrogens is 3. The fourth-order valence-electron chi connectivity index (χ4n) is 4.08. The molecule has 0 unspecified atom stereocenters. The highest BCUT2D eigenvalue weighted by Crippen LogP contribution is 2.41. The Hall–Kier alpha value is -4.12. The van der Waals surface area contributed by atoms with Crippen LogP contribution in [0.4, 0.5) is 5.82 Å². The number of nitrogens with zero attached hydrogens (tertiary/aromatic N) is 2. The lowest BCUT2D eigenvalue weighted by molar-refractivity contribution is 0.414. The second kappa shape index (κ2) is 7.95. The van der Waals surface area contributed by atoms with Gasteiger partial charge in [-0.2, -0.15) is 0 Å². The number of ether oxygens (including phenoxy) is 1. The number of hydrogen-bond donors (Lipinski definition) is 2. The molecule has 0 amide bonds. The second-order valence-corrected chi connectivity index (χ2v) is 7.30. The van der Waals surface area contributed by atoms with E-state index in [0.717, 1.165) is 39.3 Å². The average molecular weight is 406 g/mol. The molecule has 0 aliphatic carbocycles. The van der Waals surface area contributed by atoms with Crippen LogP contribution in [0, 0.1) is 0 Å². The first kappa shape index (κ1) is 18.9. The van der Waals surface area contributed by atoms with Crippen molar-refractivity contribution in [1.29, 1.82) is 0 Å². The molecule has 2 aromatic heterocycles. The highest BCUT2D eigenvalue weighted by molar-refractivity contribution is 5.87. The standard InChI is InChI=1S/C26H22N4O/c1-31-22-14-12-21(13-15-22)26(19-8-4-2-5-9-19,20-10-6-3-7-11-20)30-25-23-16-17-27-24(23)28-18-29-25/h2-18H,1H3,(H2,27,28,29,30). The summed E-state index contributed by atoms with van der Waals surface area (Å²) in [6, 6.07) is 31.0. The quantitative estimate of drug-likeness (QED) is 0.372. The van der Waals surface area contributed by atoms with E-state index < -0.39 is 5.54 Å². The predicted octanol–water partition coefficient (Wildman–Crippen LogP) is 5.37. The number of anilines is 1. The Bertz CT molecular complexity index is 1240. The lowest BCUT2D eigenvalue weighted by atomic mass is 9.77. The highest BCUT2D eigenvalue weighted by atomic mass is 16.5. The van der Waals surface area contributed by atoms with Crippen molar-refractivity contribution in [1.82, 2.24) is 15.0 Å². The van der Waals surface area contributed by atoms with Crippen LogP contribution in [-0.2, 0) is 5.54 Å². The maximum absolute atomic E-state index is 5.41. The maximum atomic E-state index is 5.41. The number of aromatic amines is 1. The molecule has 2 N–H and O–H groups in total. The van der Waals surface area contributed by atoms with Crippen molar-refractivity contribution in [2.75, 3.05) is 12.4 Å². The third-order valence-electron chi connectivity index (χ3n) is 5.60.